The zero-order valence-corrected chi connectivity index (χ0v) is 10.9. The lowest BCUT2D eigenvalue weighted by atomic mass is 10.1. The number of ketones is 1. The molecule has 0 N–H and O–H groups in total. The maximum absolute atomic E-state index is 12.2. The van der Waals surface area contributed by atoms with Crippen molar-refractivity contribution in [2.24, 2.45) is 0 Å². The molecule has 3 rings (SSSR count). The highest BCUT2D eigenvalue weighted by molar-refractivity contribution is 6.34. The molecule has 1 fully saturated rings. The third kappa shape index (κ3) is 2.76. The topological polar surface area (TPSA) is 39.2 Å². The molecule has 0 unspecified atom stereocenters. The predicted molar refractivity (Wildman–Crippen MR) is 72.8 cm³/mol. The molecule has 1 aliphatic carbocycles. The highest BCUT2D eigenvalue weighted by Crippen LogP contribution is 2.27. The molecule has 96 valence electrons. The van der Waals surface area contributed by atoms with Crippen LogP contribution >= 0.6 is 11.6 Å². The number of carbonyl (C=O) groups excluding carboxylic acids is 1. The summed E-state index contributed by atoms with van der Waals surface area (Å²) in [5, 5.41) is 0.366. The van der Waals surface area contributed by atoms with Crippen LogP contribution in [0.5, 0.6) is 5.75 Å². The van der Waals surface area contributed by atoms with E-state index in [9.17, 15) is 4.79 Å². The molecule has 0 saturated heterocycles. The second kappa shape index (κ2) is 5.02. The van der Waals surface area contributed by atoms with E-state index in [1.807, 2.05) is 12.1 Å². The van der Waals surface area contributed by atoms with Gasteiger partial charge in [-0.15, -0.1) is 0 Å². The minimum absolute atomic E-state index is 0.177. The molecule has 1 aliphatic rings. The van der Waals surface area contributed by atoms with Crippen LogP contribution in [0.4, 0.5) is 0 Å². The van der Waals surface area contributed by atoms with Crippen LogP contribution in [0.2, 0.25) is 5.02 Å². The molecular weight excluding hydrogens is 262 g/mol. The number of ether oxygens (including phenoxy) is 1. The lowest BCUT2D eigenvalue weighted by Gasteiger charge is -2.06. The number of benzene rings is 1. The molecule has 0 atom stereocenters. The number of halogens is 1. The fraction of sp³-hybridized carbons (Fsp3) is 0.200. The van der Waals surface area contributed by atoms with Gasteiger partial charge >= 0.3 is 0 Å². The first kappa shape index (κ1) is 12.2. The first-order valence-electron chi connectivity index (χ1n) is 6.16. The summed E-state index contributed by atoms with van der Waals surface area (Å²) in [6.45, 7) is 0. The summed E-state index contributed by atoms with van der Waals surface area (Å²) in [6, 6.07) is 10.5. The molecule has 19 heavy (non-hydrogen) atoms. The Morgan fingerprint density at radius 2 is 1.95 bits per heavy atom. The Morgan fingerprint density at radius 1 is 1.21 bits per heavy atom. The van der Waals surface area contributed by atoms with E-state index < -0.39 is 0 Å². The highest BCUT2D eigenvalue weighted by atomic mass is 35.5. The van der Waals surface area contributed by atoms with Gasteiger partial charge < -0.3 is 4.74 Å². The fourth-order valence-electron chi connectivity index (χ4n) is 1.75. The molecule has 0 bridgehead atoms. The van der Waals surface area contributed by atoms with Crippen molar-refractivity contribution in [3.63, 3.8) is 0 Å². The molecule has 1 aromatic carbocycles. The predicted octanol–water partition coefficient (Wildman–Crippen LogP) is 3.51. The molecule has 1 heterocycles. The zero-order valence-electron chi connectivity index (χ0n) is 10.2. The fourth-order valence-corrected chi connectivity index (χ4v) is 1.96. The number of pyridine rings is 1. The molecule has 0 spiro atoms. The second-order valence-corrected chi connectivity index (χ2v) is 4.91. The Morgan fingerprint density at radius 3 is 2.58 bits per heavy atom. The number of aromatic nitrogens is 1. The number of carbonyl (C=O) groups is 1. The van der Waals surface area contributed by atoms with E-state index in [1.54, 1.807) is 30.5 Å². The van der Waals surface area contributed by atoms with Crippen molar-refractivity contribution in [1.29, 1.82) is 0 Å². The van der Waals surface area contributed by atoms with Gasteiger partial charge in [-0.25, -0.2) is 0 Å². The van der Waals surface area contributed by atoms with Crippen LogP contribution in [0.1, 0.15) is 28.9 Å². The van der Waals surface area contributed by atoms with Crippen molar-refractivity contribution in [2.45, 2.75) is 18.9 Å². The van der Waals surface area contributed by atoms with Gasteiger partial charge in [0.2, 0.25) is 5.78 Å². The van der Waals surface area contributed by atoms with Gasteiger partial charge in [-0.1, -0.05) is 11.6 Å². The third-order valence-electron chi connectivity index (χ3n) is 2.92. The summed E-state index contributed by atoms with van der Waals surface area (Å²) < 4.78 is 5.64. The summed E-state index contributed by atoms with van der Waals surface area (Å²) in [6.07, 6.45) is 4.14. The molecule has 4 heteroatoms. The van der Waals surface area contributed by atoms with Crippen LogP contribution in [-0.2, 0) is 0 Å². The average molecular weight is 274 g/mol. The number of hydrogen-bond donors (Lipinski definition) is 0. The normalized spacial score (nSPS) is 14.2. The van der Waals surface area contributed by atoms with Crippen molar-refractivity contribution in [1.82, 2.24) is 4.98 Å². The molecule has 3 nitrogen and oxygen atoms in total. The van der Waals surface area contributed by atoms with Gasteiger partial charge in [-0.3, -0.25) is 9.78 Å². The summed E-state index contributed by atoms with van der Waals surface area (Å²) in [4.78, 5) is 16.2. The molecule has 0 amide bonds. The lowest BCUT2D eigenvalue weighted by molar-refractivity contribution is 0.103. The van der Waals surface area contributed by atoms with Gasteiger partial charge in [-0.05, 0) is 49.2 Å². The molecular formula is C15H12ClNO2. The maximum atomic E-state index is 12.2. The molecule has 1 saturated carbocycles. The van der Waals surface area contributed by atoms with Gasteiger partial charge in [0.25, 0.3) is 0 Å². The Balaban J connectivity index is 1.81. The summed E-state index contributed by atoms with van der Waals surface area (Å²) in [7, 11) is 0. The van der Waals surface area contributed by atoms with E-state index >= 15 is 0 Å². The van der Waals surface area contributed by atoms with Crippen molar-refractivity contribution in [2.75, 3.05) is 0 Å². The average Bonchev–Trinajstić information content (AvgIpc) is 3.23. The maximum Gasteiger partial charge on any atom is 0.212 e. The van der Waals surface area contributed by atoms with Crippen molar-refractivity contribution in [3.8, 4) is 5.75 Å². The van der Waals surface area contributed by atoms with Crippen LogP contribution in [0, 0.1) is 0 Å². The molecule has 0 radical (unpaired) electrons. The second-order valence-electron chi connectivity index (χ2n) is 4.50. The van der Waals surface area contributed by atoms with E-state index in [2.05, 4.69) is 4.98 Å². The van der Waals surface area contributed by atoms with E-state index in [0.29, 0.717) is 16.7 Å². The number of rotatable bonds is 4. The number of hydrogen-bond acceptors (Lipinski definition) is 3. The van der Waals surface area contributed by atoms with Gasteiger partial charge in [0, 0.05) is 11.8 Å². The molecule has 0 aliphatic heterocycles. The van der Waals surface area contributed by atoms with E-state index in [4.69, 9.17) is 16.3 Å². The standard InChI is InChI=1S/C15H12ClNO2/c16-13-2-1-9-17-14(13)15(18)10-3-5-11(6-4-10)19-12-7-8-12/h1-6,9,12H,7-8H2. The Hall–Kier alpha value is -1.87. The summed E-state index contributed by atoms with van der Waals surface area (Å²) in [5.74, 6) is 0.620. The minimum Gasteiger partial charge on any atom is -0.490 e. The first-order chi connectivity index (χ1) is 9.24. The number of nitrogens with zero attached hydrogens (tertiary/aromatic N) is 1. The van der Waals surface area contributed by atoms with Crippen molar-refractivity contribution >= 4 is 17.4 Å². The van der Waals surface area contributed by atoms with Crippen LogP contribution in [0.3, 0.4) is 0 Å². The van der Waals surface area contributed by atoms with E-state index in [1.165, 1.54) is 0 Å². The van der Waals surface area contributed by atoms with Gasteiger partial charge in [0.05, 0.1) is 11.1 Å². The largest absolute Gasteiger partial charge is 0.490 e. The Labute approximate surface area is 116 Å². The Bertz CT molecular complexity index is 606. The van der Waals surface area contributed by atoms with Crippen LogP contribution in [-0.4, -0.2) is 16.9 Å². The third-order valence-corrected chi connectivity index (χ3v) is 3.22. The van der Waals surface area contributed by atoms with E-state index in [-0.39, 0.29) is 11.5 Å². The quantitative estimate of drug-likeness (QED) is 0.800. The summed E-state index contributed by atoms with van der Waals surface area (Å²) >= 11 is 5.97. The smallest absolute Gasteiger partial charge is 0.212 e. The zero-order chi connectivity index (χ0) is 13.2. The molecule has 2 aromatic rings. The van der Waals surface area contributed by atoms with Crippen LogP contribution in [0.25, 0.3) is 0 Å². The first-order valence-corrected chi connectivity index (χ1v) is 6.54. The minimum atomic E-state index is -0.177. The highest BCUT2D eigenvalue weighted by Gasteiger charge is 2.23. The SMILES string of the molecule is O=C(c1ccc(OC2CC2)cc1)c1ncccc1Cl. The lowest BCUT2D eigenvalue weighted by Crippen LogP contribution is -2.05. The van der Waals surface area contributed by atoms with Gasteiger partial charge in [0.1, 0.15) is 11.4 Å². The molecule has 1 aromatic heterocycles. The summed E-state index contributed by atoms with van der Waals surface area (Å²) in [5.41, 5.74) is 0.837. The van der Waals surface area contributed by atoms with Crippen LogP contribution in [0.15, 0.2) is 42.6 Å². The van der Waals surface area contributed by atoms with Gasteiger partial charge in [-0.2, -0.15) is 0 Å². The monoisotopic (exact) mass is 273 g/mol. The van der Waals surface area contributed by atoms with Gasteiger partial charge in [0.15, 0.2) is 0 Å². The van der Waals surface area contributed by atoms with Crippen molar-refractivity contribution in [3.05, 3.63) is 58.9 Å². The van der Waals surface area contributed by atoms with E-state index in [0.717, 1.165) is 18.6 Å². The Kier molecular flexibility index (Phi) is 3.22. The van der Waals surface area contributed by atoms with Crippen LogP contribution < -0.4 is 4.74 Å². The van der Waals surface area contributed by atoms with Crippen molar-refractivity contribution < 1.29 is 9.53 Å².